The Balaban J connectivity index is 1.75. The van der Waals surface area contributed by atoms with Crippen LogP contribution in [0.4, 0.5) is 11.4 Å². The zero-order chi connectivity index (χ0) is 23.1. The van der Waals surface area contributed by atoms with Gasteiger partial charge in [0.25, 0.3) is 0 Å². The molecule has 32 heavy (non-hydrogen) atoms. The maximum Gasteiger partial charge on any atom is 0.248 e. The van der Waals surface area contributed by atoms with Crippen molar-refractivity contribution in [1.29, 1.82) is 0 Å². The van der Waals surface area contributed by atoms with E-state index in [4.69, 9.17) is 0 Å². The van der Waals surface area contributed by atoms with E-state index < -0.39 is 16.1 Å². The van der Waals surface area contributed by atoms with Crippen molar-refractivity contribution in [2.75, 3.05) is 15.9 Å². The highest BCUT2D eigenvalue weighted by molar-refractivity contribution is 7.98. The molecule has 0 saturated carbocycles. The number of nitrogens with zero attached hydrogens (tertiary/aromatic N) is 1. The third-order valence-electron chi connectivity index (χ3n) is 5.04. The van der Waals surface area contributed by atoms with Gasteiger partial charge in [-0.05, 0) is 54.8 Å². The predicted molar refractivity (Wildman–Crippen MR) is 134 cm³/mol. The van der Waals surface area contributed by atoms with Gasteiger partial charge in [-0.2, -0.15) is 0 Å². The molecule has 1 unspecified atom stereocenters. The summed E-state index contributed by atoms with van der Waals surface area (Å²) in [6.45, 7) is 3.75. The van der Waals surface area contributed by atoms with Crippen molar-refractivity contribution in [2.45, 2.75) is 37.0 Å². The van der Waals surface area contributed by atoms with Crippen LogP contribution in [-0.4, -0.2) is 26.6 Å². The molecule has 0 saturated heterocycles. The second-order valence-electron chi connectivity index (χ2n) is 7.56. The average molecular weight is 469 g/mol. The minimum absolute atomic E-state index is 0.346. The topological polar surface area (TPSA) is 66.5 Å². The predicted octanol–water partition coefficient (Wildman–Crippen LogP) is 5.47. The number of amides is 1. The second kappa shape index (κ2) is 10.7. The Kier molecular flexibility index (Phi) is 7.99. The molecular formula is C25H28N2O3S2. The van der Waals surface area contributed by atoms with E-state index in [-0.39, 0.29) is 5.91 Å². The molecule has 3 aromatic rings. The van der Waals surface area contributed by atoms with Crippen LogP contribution in [0, 0.1) is 6.92 Å². The number of benzene rings is 3. The fourth-order valence-corrected chi connectivity index (χ4v) is 5.56. The lowest BCUT2D eigenvalue weighted by atomic mass is 10.1. The smallest absolute Gasteiger partial charge is 0.248 e. The Labute approximate surface area is 194 Å². The first-order valence-corrected chi connectivity index (χ1v) is 13.3. The molecule has 7 heteroatoms. The van der Waals surface area contributed by atoms with Crippen molar-refractivity contribution in [1.82, 2.24) is 0 Å². The number of aryl methyl sites for hydroxylation is 1. The Hall–Kier alpha value is -2.77. The van der Waals surface area contributed by atoms with Gasteiger partial charge in [0, 0.05) is 16.3 Å². The van der Waals surface area contributed by atoms with Gasteiger partial charge in [-0.3, -0.25) is 9.10 Å². The van der Waals surface area contributed by atoms with Crippen LogP contribution in [0.15, 0.2) is 83.8 Å². The van der Waals surface area contributed by atoms with E-state index in [9.17, 15) is 13.2 Å². The highest BCUT2D eigenvalue weighted by Gasteiger charge is 2.31. The van der Waals surface area contributed by atoms with E-state index in [1.807, 2.05) is 50.2 Å². The molecule has 0 heterocycles. The summed E-state index contributed by atoms with van der Waals surface area (Å²) in [7, 11) is -3.65. The summed E-state index contributed by atoms with van der Waals surface area (Å²) in [5, 5.41) is 2.93. The number of rotatable bonds is 9. The van der Waals surface area contributed by atoms with Crippen molar-refractivity contribution in [3.63, 3.8) is 0 Å². The molecule has 168 valence electrons. The van der Waals surface area contributed by atoms with Gasteiger partial charge in [0.2, 0.25) is 15.9 Å². The van der Waals surface area contributed by atoms with Crippen LogP contribution in [-0.2, 0) is 20.6 Å². The zero-order valence-electron chi connectivity index (χ0n) is 18.5. The minimum Gasteiger partial charge on any atom is -0.324 e. The third-order valence-corrected chi connectivity index (χ3v) is 7.30. The van der Waals surface area contributed by atoms with Crippen molar-refractivity contribution in [3.8, 4) is 0 Å². The Morgan fingerprint density at radius 1 is 1.00 bits per heavy atom. The van der Waals surface area contributed by atoms with Crippen molar-refractivity contribution < 1.29 is 13.2 Å². The highest BCUT2D eigenvalue weighted by atomic mass is 32.2. The molecule has 3 aromatic carbocycles. The number of para-hydroxylation sites is 1. The standard InChI is InChI=1S/C25H28N2O3S2/c1-4-24(27(32(3,29)30)21-11-7-5-8-12-21)25(28)26-23-16-15-20(17-19(23)2)18-31-22-13-9-6-10-14-22/h5-17,24H,4,18H2,1-3H3,(H,26,28). The van der Waals surface area contributed by atoms with E-state index in [0.717, 1.165) is 23.1 Å². The van der Waals surface area contributed by atoms with Gasteiger partial charge < -0.3 is 5.32 Å². The summed E-state index contributed by atoms with van der Waals surface area (Å²) in [5.74, 6) is 0.475. The minimum atomic E-state index is -3.65. The summed E-state index contributed by atoms with van der Waals surface area (Å²) in [4.78, 5) is 14.3. The monoisotopic (exact) mass is 468 g/mol. The van der Waals surface area contributed by atoms with Gasteiger partial charge in [0.1, 0.15) is 6.04 Å². The first-order chi connectivity index (χ1) is 15.3. The Bertz CT molecular complexity index is 1150. The molecule has 0 bridgehead atoms. The Morgan fingerprint density at radius 2 is 1.62 bits per heavy atom. The van der Waals surface area contributed by atoms with Crippen LogP contribution in [0.3, 0.4) is 0 Å². The van der Waals surface area contributed by atoms with Gasteiger partial charge >= 0.3 is 0 Å². The van der Waals surface area contributed by atoms with Crippen LogP contribution in [0.1, 0.15) is 24.5 Å². The van der Waals surface area contributed by atoms with Crippen molar-refractivity contribution in [2.24, 2.45) is 0 Å². The van der Waals surface area contributed by atoms with Crippen LogP contribution in [0.5, 0.6) is 0 Å². The van der Waals surface area contributed by atoms with Crippen LogP contribution in [0.25, 0.3) is 0 Å². The van der Waals surface area contributed by atoms with E-state index in [2.05, 4.69) is 23.5 Å². The number of thioether (sulfide) groups is 1. The molecular weight excluding hydrogens is 440 g/mol. The van der Waals surface area contributed by atoms with Gasteiger partial charge in [-0.15, -0.1) is 11.8 Å². The van der Waals surface area contributed by atoms with Crippen molar-refractivity contribution >= 4 is 39.1 Å². The molecule has 0 aromatic heterocycles. The lowest BCUT2D eigenvalue weighted by molar-refractivity contribution is -0.117. The number of hydrogen-bond donors (Lipinski definition) is 1. The average Bonchev–Trinajstić information content (AvgIpc) is 2.78. The number of nitrogens with one attached hydrogen (secondary N) is 1. The summed E-state index contributed by atoms with van der Waals surface area (Å²) >= 11 is 1.75. The zero-order valence-corrected chi connectivity index (χ0v) is 20.1. The van der Waals surface area contributed by atoms with Gasteiger partial charge in [0.05, 0.1) is 11.9 Å². The number of sulfonamides is 1. The molecule has 0 radical (unpaired) electrons. The Morgan fingerprint density at radius 3 is 2.19 bits per heavy atom. The van der Waals surface area contributed by atoms with E-state index in [0.29, 0.717) is 17.8 Å². The van der Waals surface area contributed by atoms with Crippen LogP contribution in [0.2, 0.25) is 0 Å². The molecule has 0 spiro atoms. The number of anilines is 2. The second-order valence-corrected chi connectivity index (χ2v) is 10.5. The lowest BCUT2D eigenvalue weighted by Gasteiger charge is -2.30. The SMILES string of the molecule is CCC(C(=O)Nc1ccc(CSc2ccccc2)cc1C)N(c1ccccc1)S(C)(=O)=O. The largest absolute Gasteiger partial charge is 0.324 e. The van der Waals surface area contributed by atoms with E-state index in [1.165, 1.54) is 9.20 Å². The van der Waals surface area contributed by atoms with Gasteiger partial charge in [-0.25, -0.2) is 8.42 Å². The molecule has 1 amide bonds. The molecule has 0 fully saturated rings. The molecule has 3 rings (SSSR count). The maximum absolute atomic E-state index is 13.1. The molecule has 1 atom stereocenters. The van der Waals surface area contributed by atoms with Gasteiger partial charge in [0.15, 0.2) is 0 Å². The van der Waals surface area contributed by atoms with Crippen LogP contribution < -0.4 is 9.62 Å². The quantitative estimate of drug-likeness (QED) is 0.423. The number of hydrogen-bond acceptors (Lipinski definition) is 4. The van der Waals surface area contributed by atoms with E-state index >= 15 is 0 Å². The molecule has 1 N–H and O–H groups in total. The summed E-state index contributed by atoms with van der Waals surface area (Å²) < 4.78 is 26.3. The molecule has 0 aliphatic carbocycles. The van der Waals surface area contributed by atoms with Gasteiger partial charge in [-0.1, -0.05) is 55.5 Å². The maximum atomic E-state index is 13.1. The lowest BCUT2D eigenvalue weighted by Crippen LogP contribution is -2.47. The molecule has 0 aliphatic rings. The summed E-state index contributed by atoms with van der Waals surface area (Å²) in [6.07, 6.45) is 1.47. The fraction of sp³-hybridized carbons (Fsp3) is 0.240. The number of carbonyl (C=O) groups is 1. The van der Waals surface area contributed by atoms with Crippen molar-refractivity contribution in [3.05, 3.63) is 90.0 Å². The highest BCUT2D eigenvalue weighted by Crippen LogP contribution is 2.26. The van der Waals surface area contributed by atoms with Crippen LogP contribution >= 0.6 is 11.8 Å². The number of carbonyl (C=O) groups excluding carboxylic acids is 1. The normalized spacial score (nSPS) is 12.2. The molecule has 5 nitrogen and oxygen atoms in total. The third kappa shape index (κ3) is 6.14. The summed E-state index contributed by atoms with van der Waals surface area (Å²) in [5.41, 5.74) is 3.25. The fourth-order valence-electron chi connectivity index (χ4n) is 3.49. The first kappa shape index (κ1) is 23.9. The first-order valence-electron chi connectivity index (χ1n) is 10.4. The molecule has 0 aliphatic heterocycles. The summed E-state index contributed by atoms with van der Waals surface area (Å²) in [6, 6.07) is 24.0. The van der Waals surface area contributed by atoms with E-state index in [1.54, 1.807) is 36.0 Å².